The predicted octanol–water partition coefficient (Wildman–Crippen LogP) is 3.03. The Morgan fingerprint density at radius 2 is 1.80 bits per heavy atom. The first-order valence-corrected chi connectivity index (χ1v) is 7.52. The molecule has 0 radical (unpaired) electrons. The molecule has 3 nitrogen and oxygen atoms in total. The van der Waals surface area contributed by atoms with Crippen LogP contribution in [0.25, 0.3) is 0 Å². The molecule has 2 aliphatic carbocycles. The fourth-order valence-corrected chi connectivity index (χ4v) is 4.42. The summed E-state index contributed by atoms with van der Waals surface area (Å²) in [5.41, 5.74) is 8.05. The Labute approximate surface area is 120 Å². The van der Waals surface area contributed by atoms with E-state index in [1.165, 1.54) is 11.1 Å². The molecule has 1 spiro atoms. The van der Waals surface area contributed by atoms with Crippen molar-refractivity contribution in [2.75, 3.05) is 0 Å². The van der Waals surface area contributed by atoms with Gasteiger partial charge in [0, 0.05) is 0 Å². The van der Waals surface area contributed by atoms with Crippen LogP contribution in [0.2, 0.25) is 0 Å². The normalized spacial score (nSPS) is 39.8. The number of carboxylic acids is 1. The topological polar surface area (TPSA) is 63.3 Å². The van der Waals surface area contributed by atoms with Crippen molar-refractivity contribution in [1.82, 2.24) is 0 Å². The second kappa shape index (κ2) is 4.32. The summed E-state index contributed by atoms with van der Waals surface area (Å²) in [7, 11) is 0. The molecule has 3 N–H and O–H groups in total. The first-order valence-electron chi connectivity index (χ1n) is 7.52. The lowest BCUT2D eigenvalue weighted by Gasteiger charge is -2.44. The van der Waals surface area contributed by atoms with Crippen LogP contribution in [0.1, 0.15) is 56.6 Å². The maximum Gasteiger partial charge on any atom is 0.323 e. The fraction of sp³-hybridized carbons (Fsp3) is 0.588. The largest absolute Gasteiger partial charge is 0.480 e. The summed E-state index contributed by atoms with van der Waals surface area (Å²) in [6.07, 6.45) is 2.93. The van der Waals surface area contributed by atoms with E-state index in [1.807, 2.05) is 0 Å². The Balaban J connectivity index is 1.97. The molecule has 0 aliphatic heterocycles. The highest BCUT2D eigenvalue weighted by Gasteiger charge is 2.53. The summed E-state index contributed by atoms with van der Waals surface area (Å²) in [4.78, 5) is 11.3. The minimum atomic E-state index is -1.02. The van der Waals surface area contributed by atoms with E-state index in [9.17, 15) is 9.90 Å². The quantitative estimate of drug-likeness (QED) is 0.826. The molecule has 1 aromatic rings. The number of aliphatic carboxylic acids is 1. The van der Waals surface area contributed by atoms with Gasteiger partial charge in [0.1, 0.15) is 5.54 Å². The van der Waals surface area contributed by atoms with Gasteiger partial charge in [-0.2, -0.15) is 0 Å². The Hall–Kier alpha value is -1.35. The number of carbonyl (C=O) groups is 1. The second-order valence-electron chi connectivity index (χ2n) is 6.78. The van der Waals surface area contributed by atoms with E-state index in [-0.39, 0.29) is 5.41 Å². The first kappa shape index (κ1) is 13.6. The number of nitrogens with two attached hydrogens (primary N) is 1. The van der Waals surface area contributed by atoms with Crippen molar-refractivity contribution in [3.63, 3.8) is 0 Å². The molecular weight excluding hydrogens is 250 g/mol. The highest BCUT2D eigenvalue weighted by Crippen LogP contribution is 2.57. The van der Waals surface area contributed by atoms with Crippen LogP contribution in [0, 0.1) is 5.92 Å². The van der Waals surface area contributed by atoms with Crippen LogP contribution in [0.5, 0.6) is 0 Å². The molecule has 1 fully saturated rings. The van der Waals surface area contributed by atoms with Gasteiger partial charge in [0.15, 0.2) is 0 Å². The Kier molecular flexibility index (Phi) is 2.94. The molecule has 2 atom stereocenters. The van der Waals surface area contributed by atoms with Crippen LogP contribution in [0.3, 0.4) is 0 Å². The number of carboxylic acid groups (broad SMARTS) is 1. The van der Waals surface area contributed by atoms with Crippen molar-refractivity contribution < 1.29 is 9.90 Å². The van der Waals surface area contributed by atoms with E-state index in [0.29, 0.717) is 24.7 Å². The molecule has 1 aromatic carbocycles. The molecule has 2 aliphatic rings. The molecule has 0 unspecified atom stereocenters. The minimum Gasteiger partial charge on any atom is -0.480 e. The maximum absolute atomic E-state index is 11.3. The van der Waals surface area contributed by atoms with E-state index >= 15 is 0 Å². The molecule has 3 heteroatoms. The van der Waals surface area contributed by atoms with Crippen LogP contribution in [0.15, 0.2) is 24.3 Å². The van der Waals surface area contributed by atoms with Gasteiger partial charge < -0.3 is 10.8 Å². The summed E-state index contributed by atoms with van der Waals surface area (Å²) in [6, 6.07) is 8.67. The van der Waals surface area contributed by atoms with E-state index in [2.05, 4.69) is 38.1 Å². The number of benzene rings is 1. The highest BCUT2D eigenvalue weighted by atomic mass is 16.4. The summed E-state index contributed by atoms with van der Waals surface area (Å²) in [5, 5.41) is 9.32. The van der Waals surface area contributed by atoms with Crippen molar-refractivity contribution in [1.29, 1.82) is 0 Å². The number of rotatable bonds is 1. The minimum absolute atomic E-state index is 0.133. The smallest absolute Gasteiger partial charge is 0.323 e. The number of hydrogen-bond acceptors (Lipinski definition) is 2. The van der Waals surface area contributed by atoms with Crippen molar-refractivity contribution in [3.05, 3.63) is 35.4 Å². The predicted molar refractivity (Wildman–Crippen MR) is 78.7 cm³/mol. The van der Waals surface area contributed by atoms with Gasteiger partial charge in [-0.3, -0.25) is 4.79 Å². The zero-order valence-electron chi connectivity index (χ0n) is 12.2. The molecule has 1 saturated carbocycles. The van der Waals surface area contributed by atoms with Crippen molar-refractivity contribution >= 4 is 5.97 Å². The molecule has 0 heterocycles. The van der Waals surface area contributed by atoms with Crippen molar-refractivity contribution in [2.45, 2.75) is 56.4 Å². The lowest BCUT2D eigenvalue weighted by atomic mass is 9.61. The van der Waals surface area contributed by atoms with Gasteiger partial charge >= 0.3 is 5.97 Å². The van der Waals surface area contributed by atoms with Gasteiger partial charge in [-0.25, -0.2) is 0 Å². The van der Waals surface area contributed by atoms with E-state index in [0.717, 1.165) is 12.8 Å². The van der Waals surface area contributed by atoms with Crippen LogP contribution in [-0.2, 0) is 10.2 Å². The SMILES string of the molecule is C[C@H]1c2ccccc2C2(CCC(N)(C(=O)O)CC2)[C@H]1C. The molecule has 108 valence electrons. The zero-order chi connectivity index (χ0) is 14.5. The van der Waals surface area contributed by atoms with Gasteiger partial charge in [0.05, 0.1) is 0 Å². The van der Waals surface area contributed by atoms with Crippen LogP contribution >= 0.6 is 0 Å². The molecule has 0 aromatic heterocycles. The van der Waals surface area contributed by atoms with Gasteiger partial charge in [-0.15, -0.1) is 0 Å². The molecule has 3 rings (SSSR count). The van der Waals surface area contributed by atoms with Crippen LogP contribution in [0.4, 0.5) is 0 Å². The Bertz CT molecular complexity index is 544. The lowest BCUT2D eigenvalue weighted by molar-refractivity contribution is -0.145. The Morgan fingerprint density at radius 1 is 1.20 bits per heavy atom. The third kappa shape index (κ3) is 1.65. The van der Waals surface area contributed by atoms with Gasteiger partial charge in [-0.1, -0.05) is 38.1 Å². The third-order valence-corrected chi connectivity index (χ3v) is 6.07. The monoisotopic (exact) mass is 273 g/mol. The molecule has 0 bridgehead atoms. The highest BCUT2D eigenvalue weighted by molar-refractivity contribution is 5.78. The second-order valence-corrected chi connectivity index (χ2v) is 6.78. The van der Waals surface area contributed by atoms with Crippen molar-refractivity contribution in [3.8, 4) is 0 Å². The number of fused-ring (bicyclic) bond motifs is 2. The van der Waals surface area contributed by atoms with Gasteiger partial charge in [0.25, 0.3) is 0 Å². The van der Waals surface area contributed by atoms with E-state index < -0.39 is 11.5 Å². The first-order chi connectivity index (χ1) is 9.41. The fourth-order valence-electron chi connectivity index (χ4n) is 4.42. The molecule has 0 amide bonds. The average molecular weight is 273 g/mol. The molecule has 0 saturated heterocycles. The van der Waals surface area contributed by atoms with Crippen LogP contribution < -0.4 is 5.73 Å². The van der Waals surface area contributed by atoms with E-state index in [1.54, 1.807) is 0 Å². The number of hydrogen-bond donors (Lipinski definition) is 2. The van der Waals surface area contributed by atoms with E-state index in [4.69, 9.17) is 5.73 Å². The standard InChI is InChI=1S/C17H23NO2/c1-11-12(2)16(14-6-4-3-5-13(11)14)7-9-17(18,10-8-16)15(19)20/h3-6,11-12H,7-10,18H2,1-2H3,(H,19,20)/t11-,12+,16?,17?/m1/s1. The molecular formula is C17H23NO2. The maximum atomic E-state index is 11.3. The van der Waals surface area contributed by atoms with Crippen molar-refractivity contribution in [2.24, 2.45) is 11.7 Å². The summed E-state index contributed by atoms with van der Waals surface area (Å²) in [6.45, 7) is 4.61. The average Bonchev–Trinajstić information content (AvgIpc) is 2.65. The third-order valence-electron chi connectivity index (χ3n) is 6.07. The summed E-state index contributed by atoms with van der Waals surface area (Å²) in [5.74, 6) is 0.249. The Morgan fingerprint density at radius 3 is 2.40 bits per heavy atom. The van der Waals surface area contributed by atoms with Gasteiger partial charge in [-0.05, 0) is 54.1 Å². The summed E-state index contributed by atoms with van der Waals surface area (Å²) < 4.78 is 0. The zero-order valence-corrected chi connectivity index (χ0v) is 12.2. The van der Waals surface area contributed by atoms with Gasteiger partial charge in [0.2, 0.25) is 0 Å². The lowest BCUT2D eigenvalue weighted by Crippen LogP contribution is -2.54. The van der Waals surface area contributed by atoms with Crippen LogP contribution in [-0.4, -0.2) is 16.6 Å². The molecule has 20 heavy (non-hydrogen) atoms. The summed E-state index contributed by atoms with van der Waals surface area (Å²) >= 11 is 0.